The first-order valence-corrected chi connectivity index (χ1v) is 5.24. The molecule has 0 spiro atoms. The molecule has 1 saturated carbocycles. The minimum atomic E-state index is -0.365. The summed E-state index contributed by atoms with van der Waals surface area (Å²) in [4.78, 5) is 33.1. The van der Waals surface area contributed by atoms with Crippen LogP contribution in [-0.2, 0) is 23.9 Å². The number of hydrogen-bond acceptors (Lipinski definition) is 5. The molecule has 16 heavy (non-hydrogen) atoms. The van der Waals surface area contributed by atoms with Gasteiger partial charge in [-0.15, -0.1) is 0 Å². The van der Waals surface area contributed by atoms with E-state index in [1.807, 2.05) is 0 Å². The van der Waals surface area contributed by atoms with Crippen LogP contribution in [0.3, 0.4) is 0 Å². The summed E-state index contributed by atoms with van der Waals surface area (Å²) in [5, 5.41) is 0. The molecular weight excluding hydrogens is 212 g/mol. The summed E-state index contributed by atoms with van der Waals surface area (Å²) in [7, 11) is 1.32. The second-order valence-corrected chi connectivity index (χ2v) is 4.05. The zero-order chi connectivity index (χ0) is 12.1. The maximum absolute atomic E-state index is 11.3. The molecule has 0 N–H and O–H groups in total. The van der Waals surface area contributed by atoms with E-state index >= 15 is 0 Å². The van der Waals surface area contributed by atoms with Crippen LogP contribution in [0.15, 0.2) is 0 Å². The number of carbonyl (C=O) groups is 3. The summed E-state index contributed by atoms with van der Waals surface area (Å²) < 4.78 is 9.44. The molecule has 1 aliphatic rings. The normalized spacial score (nSPS) is 24.2. The molecule has 0 bridgehead atoms. The number of esters is 2. The lowest BCUT2D eigenvalue weighted by Gasteiger charge is -2.16. The van der Waals surface area contributed by atoms with Crippen LogP contribution in [0, 0.1) is 11.8 Å². The minimum Gasteiger partial charge on any atom is -0.469 e. The van der Waals surface area contributed by atoms with Gasteiger partial charge in [0, 0.05) is 32.1 Å². The van der Waals surface area contributed by atoms with E-state index in [4.69, 9.17) is 4.74 Å². The van der Waals surface area contributed by atoms with Crippen molar-refractivity contribution in [2.24, 2.45) is 11.8 Å². The summed E-state index contributed by atoms with van der Waals surface area (Å²) in [6.45, 7) is 1.54. The Balaban J connectivity index is 2.49. The predicted molar refractivity (Wildman–Crippen MR) is 54.5 cm³/mol. The summed E-state index contributed by atoms with van der Waals surface area (Å²) >= 11 is 0. The van der Waals surface area contributed by atoms with Crippen molar-refractivity contribution in [3.05, 3.63) is 0 Å². The van der Waals surface area contributed by atoms with Crippen LogP contribution in [0.25, 0.3) is 0 Å². The topological polar surface area (TPSA) is 69.7 Å². The molecule has 0 radical (unpaired) electrons. The van der Waals surface area contributed by atoms with Crippen molar-refractivity contribution in [1.82, 2.24) is 0 Å². The molecule has 1 rings (SSSR count). The lowest BCUT2D eigenvalue weighted by atomic mass is 9.94. The van der Waals surface area contributed by atoms with Crippen LogP contribution >= 0.6 is 0 Å². The molecule has 5 nitrogen and oxygen atoms in total. The highest BCUT2D eigenvalue weighted by Crippen LogP contribution is 2.32. The molecule has 1 aliphatic carbocycles. The number of Topliss-reactive ketones (excluding diaryl/α,β-unsaturated/α-hetero) is 1. The molecule has 0 amide bonds. The first kappa shape index (κ1) is 12.7. The Bertz CT molecular complexity index is 297. The summed E-state index contributed by atoms with van der Waals surface area (Å²) in [6.07, 6.45) is 0.976. The van der Waals surface area contributed by atoms with Crippen molar-refractivity contribution in [2.75, 3.05) is 13.7 Å². The van der Waals surface area contributed by atoms with Crippen molar-refractivity contribution < 1.29 is 23.9 Å². The fourth-order valence-electron chi connectivity index (χ4n) is 1.96. The van der Waals surface area contributed by atoms with Gasteiger partial charge in [0.05, 0.1) is 13.7 Å². The number of ether oxygens (including phenoxy) is 2. The molecule has 90 valence electrons. The van der Waals surface area contributed by atoms with E-state index in [0.29, 0.717) is 12.8 Å². The number of rotatable bonds is 4. The fourth-order valence-corrected chi connectivity index (χ4v) is 1.96. The van der Waals surface area contributed by atoms with Gasteiger partial charge >= 0.3 is 11.9 Å². The van der Waals surface area contributed by atoms with Crippen LogP contribution in [-0.4, -0.2) is 31.4 Å². The van der Waals surface area contributed by atoms with Crippen molar-refractivity contribution in [1.29, 1.82) is 0 Å². The minimum absolute atomic E-state index is 0.0458. The van der Waals surface area contributed by atoms with E-state index in [9.17, 15) is 14.4 Å². The first-order valence-electron chi connectivity index (χ1n) is 5.24. The molecule has 5 heteroatoms. The van der Waals surface area contributed by atoms with Gasteiger partial charge in [0.1, 0.15) is 5.78 Å². The molecule has 0 unspecified atom stereocenters. The van der Waals surface area contributed by atoms with Gasteiger partial charge in [-0.25, -0.2) is 0 Å². The molecule has 0 aromatic heterocycles. The maximum Gasteiger partial charge on any atom is 0.305 e. The molecule has 0 aromatic carbocycles. The predicted octanol–water partition coefficient (Wildman–Crippen LogP) is 0.708. The van der Waals surface area contributed by atoms with Gasteiger partial charge in [-0.05, 0) is 5.92 Å². The molecular formula is C11H16O5. The molecule has 2 atom stereocenters. The lowest BCUT2D eigenvalue weighted by Crippen LogP contribution is -2.19. The van der Waals surface area contributed by atoms with E-state index in [1.165, 1.54) is 14.0 Å². The van der Waals surface area contributed by atoms with Gasteiger partial charge in [-0.1, -0.05) is 0 Å². The Kier molecular flexibility index (Phi) is 4.46. The second kappa shape index (κ2) is 5.63. The maximum atomic E-state index is 11.3. The summed E-state index contributed by atoms with van der Waals surface area (Å²) in [5.74, 6) is -0.676. The van der Waals surface area contributed by atoms with Crippen molar-refractivity contribution >= 4 is 17.7 Å². The highest BCUT2D eigenvalue weighted by atomic mass is 16.5. The van der Waals surface area contributed by atoms with E-state index in [-0.39, 0.29) is 42.6 Å². The van der Waals surface area contributed by atoms with E-state index in [0.717, 1.165) is 0 Å². The van der Waals surface area contributed by atoms with Crippen LogP contribution in [0.4, 0.5) is 0 Å². The van der Waals surface area contributed by atoms with Gasteiger partial charge in [0.25, 0.3) is 0 Å². The molecule has 0 aromatic rings. The highest BCUT2D eigenvalue weighted by Gasteiger charge is 2.35. The Labute approximate surface area is 94.1 Å². The lowest BCUT2D eigenvalue weighted by molar-refractivity contribution is -0.143. The quantitative estimate of drug-likeness (QED) is 0.663. The molecule has 0 heterocycles. The summed E-state index contributed by atoms with van der Waals surface area (Å²) in [6, 6.07) is 0. The standard InChI is InChI=1S/C11H16O5/c1-7(12)16-6-9-4-10(13)3-8(9)5-11(14)15-2/h8-9H,3-6H2,1-2H3/t8-,9+/m1/s1. The Morgan fingerprint density at radius 2 is 1.94 bits per heavy atom. The van der Waals surface area contributed by atoms with E-state index < -0.39 is 0 Å². The van der Waals surface area contributed by atoms with Gasteiger partial charge in [-0.2, -0.15) is 0 Å². The van der Waals surface area contributed by atoms with Crippen molar-refractivity contribution in [3.8, 4) is 0 Å². The van der Waals surface area contributed by atoms with Crippen LogP contribution in [0.2, 0.25) is 0 Å². The second-order valence-electron chi connectivity index (χ2n) is 4.05. The average Bonchev–Trinajstić information content (AvgIpc) is 2.55. The number of ketones is 1. The third-order valence-electron chi connectivity index (χ3n) is 2.80. The number of hydrogen-bond donors (Lipinski definition) is 0. The molecule has 0 saturated heterocycles. The van der Waals surface area contributed by atoms with Crippen molar-refractivity contribution in [2.45, 2.75) is 26.2 Å². The molecule has 0 aliphatic heterocycles. The Morgan fingerprint density at radius 3 is 2.50 bits per heavy atom. The third-order valence-corrected chi connectivity index (χ3v) is 2.80. The average molecular weight is 228 g/mol. The monoisotopic (exact) mass is 228 g/mol. The van der Waals surface area contributed by atoms with Crippen LogP contribution in [0.5, 0.6) is 0 Å². The molecule has 1 fully saturated rings. The van der Waals surface area contributed by atoms with E-state index in [1.54, 1.807) is 0 Å². The summed E-state index contributed by atoms with van der Waals surface area (Å²) in [5.41, 5.74) is 0. The fraction of sp³-hybridized carbons (Fsp3) is 0.727. The SMILES string of the molecule is COC(=O)C[C@H]1CC(=O)C[C@H]1COC(C)=O. The van der Waals surface area contributed by atoms with Gasteiger partial charge < -0.3 is 9.47 Å². The van der Waals surface area contributed by atoms with E-state index in [2.05, 4.69) is 4.74 Å². The first-order chi connectivity index (χ1) is 7.52. The van der Waals surface area contributed by atoms with Crippen LogP contribution in [0.1, 0.15) is 26.2 Å². The highest BCUT2D eigenvalue weighted by molar-refractivity contribution is 5.82. The zero-order valence-electron chi connectivity index (χ0n) is 9.52. The number of carbonyl (C=O) groups excluding carboxylic acids is 3. The van der Waals surface area contributed by atoms with Crippen LogP contribution < -0.4 is 0 Å². The largest absolute Gasteiger partial charge is 0.469 e. The Morgan fingerprint density at radius 1 is 1.31 bits per heavy atom. The van der Waals surface area contributed by atoms with Gasteiger partial charge in [0.15, 0.2) is 0 Å². The smallest absolute Gasteiger partial charge is 0.305 e. The van der Waals surface area contributed by atoms with Crippen molar-refractivity contribution in [3.63, 3.8) is 0 Å². The third kappa shape index (κ3) is 3.64. The number of methoxy groups -OCH3 is 1. The van der Waals surface area contributed by atoms with Gasteiger partial charge in [0.2, 0.25) is 0 Å². The Hall–Kier alpha value is -1.39. The van der Waals surface area contributed by atoms with Gasteiger partial charge in [-0.3, -0.25) is 14.4 Å². The zero-order valence-corrected chi connectivity index (χ0v) is 9.52.